The molecular formula is C16H21FN2. The van der Waals surface area contributed by atoms with Gasteiger partial charge < -0.3 is 9.88 Å². The van der Waals surface area contributed by atoms with E-state index in [-0.39, 0.29) is 5.82 Å². The molecule has 3 heteroatoms. The van der Waals surface area contributed by atoms with E-state index in [9.17, 15) is 4.39 Å². The Morgan fingerprint density at radius 2 is 2.21 bits per heavy atom. The molecule has 1 aliphatic carbocycles. The third-order valence-electron chi connectivity index (χ3n) is 4.55. The van der Waals surface area contributed by atoms with Crippen LogP contribution in [0.3, 0.4) is 0 Å². The van der Waals surface area contributed by atoms with Crippen LogP contribution in [0.2, 0.25) is 0 Å². The minimum atomic E-state index is -0.142. The van der Waals surface area contributed by atoms with Gasteiger partial charge in [0.05, 0.1) is 0 Å². The van der Waals surface area contributed by atoms with Crippen molar-refractivity contribution < 1.29 is 4.39 Å². The number of aromatic nitrogens is 1. The molecule has 1 aromatic carbocycles. The highest BCUT2D eigenvalue weighted by Crippen LogP contribution is 2.31. The van der Waals surface area contributed by atoms with Crippen molar-refractivity contribution in [2.45, 2.75) is 31.7 Å². The average Bonchev–Trinajstić information content (AvgIpc) is 2.95. The number of halogens is 1. The maximum Gasteiger partial charge on any atom is 0.123 e. The summed E-state index contributed by atoms with van der Waals surface area (Å²) in [5.41, 5.74) is 2.40. The molecule has 1 saturated carbocycles. The molecule has 2 nitrogen and oxygen atoms in total. The molecular weight excluding hydrogens is 239 g/mol. The van der Waals surface area contributed by atoms with Gasteiger partial charge in [-0.2, -0.15) is 0 Å². The lowest BCUT2D eigenvalue weighted by Gasteiger charge is -2.18. The molecule has 0 bridgehead atoms. The fourth-order valence-electron chi connectivity index (χ4n) is 3.55. The summed E-state index contributed by atoms with van der Waals surface area (Å²) in [5, 5.41) is 4.49. The van der Waals surface area contributed by atoms with E-state index in [1.165, 1.54) is 30.9 Å². The summed E-state index contributed by atoms with van der Waals surface area (Å²) >= 11 is 0. The van der Waals surface area contributed by atoms with Crippen molar-refractivity contribution >= 4 is 10.9 Å². The van der Waals surface area contributed by atoms with Gasteiger partial charge in [-0.15, -0.1) is 0 Å². The van der Waals surface area contributed by atoms with Crippen molar-refractivity contribution in [2.75, 3.05) is 7.05 Å². The SMILES string of the molecule is CNC1CCCC1Cc1cn(C)c2ccc(F)cc12. The molecule has 1 aromatic heterocycles. The first-order valence-corrected chi connectivity index (χ1v) is 7.10. The second-order valence-corrected chi connectivity index (χ2v) is 5.72. The average molecular weight is 260 g/mol. The van der Waals surface area contributed by atoms with Gasteiger partial charge in [0.25, 0.3) is 0 Å². The number of nitrogens with zero attached hydrogens (tertiary/aromatic N) is 1. The quantitative estimate of drug-likeness (QED) is 0.896. The Morgan fingerprint density at radius 3 is 3.00 bits per heavy atom. The maximum atomic E-state index is 13.5. The summed E-state index contributed by atoms with van der Waals surface area (Å²) in [6, 6.07) is 5.70. The highest BCUT2D eigenvalue weighted by atomic mass is 19.1. The normalized spacial score (nSPS) is 23.3. The first kappa shape index (κ1) is 12.7. The van der Waals surface area contributed by atoms with Crippen molar-refractivity contribution in [3.05, 3.63) is 35.8 Å². The molecule has 0 radical (unpaired) electrons. The number of aryl methyl sites for hydroxylation is 1. The Labute approximate surface area is 113 Å². The zero-order valence-corrected chi connectivity index (χ0v) is 11.6. The lowest BCUT2D eigenvalue weighted by Crippen LogP contribution is -2.29. The van der Waals surface area contributed by atoms with E-state index in [4.69, 9.17) is 0 Å². The number of benzene rings is 1. The Balaban J connectivity index is 1.94. The first-order valence-electron chi connectivity index (χ1n) is 7.10. The van der Waals surface area contributed by atoms with Crippen molar-refractivity contribution in [3.8, 4) is 0 Å². The minimum absolute atomic E-state index is 0.142. The first-order chi connectivity index (χ1) is 9.19. The van der Waals surface area contributed by atoms with Crippen LogP contribution in [-0.2, 0) is 13.5 Å². The summed E-state index contributed by atoms with van der Waals surface area (Å²) in [7, 11) is 4.08. The van der Waals surface area contributed by atoms with Crippen molar-refractivity contribution in [2.24, 2.45) is 13.0 Å². The van der Waals surface area contributed by atoms with E-state index >= 15 is 0 Å². The van der Waals surface area contributed by atoms with Crippen molar-refractivity contribution in [1.29, 1.82) is 0 Å². The van der Waals surface area contributed by atoms with Gasteiger partial charge in [0.15, 0.2) is 0 Å². The van der Waals surface area contributed by atoms with E-state index in [2.05, 4.69) is 16.1 Å². The maximum absolute atomic E-state index is 13.5. The molecule has 1 N–H and O–H groups in total. The second-order valence-electron chi connectivity index (χ2n) is 5.72. The summed E-state index contributed by atoms with van der Waals surface area (Å²) in [6.45, 7) is 0. The second kappa shape index (κ2) is 4.97. The van der Waals surface area contributed by atoms with E-state index in [1.807, 2.05) is 20.2 Å². The van der Waals surface area contributed by atoms with Gasteiger partial charge in [-0.3, -0.25) is 0 Å². The van der Waals surface area contributed by atoms with Crippen molar-refractivity contribution in [1.82, 2.24) is 9.88 Å². The number of fused-ring (bicyclic) bond motifs is 1. The van der Waals surface area contributed by atoms with Gasteiger partial charge in [0.2, 0.25) is 0 Å². The van der Waals surface area contributed by atoms with Crippen LogP contribution in [0.15, 0.2) is 24.4 Å². The molecule has 2 aromatic rings. The van der Waals surface area contributed by atoms with Gasteiger partial charge in [0.1, 0.15) is 5.82 Å². The predicted molar refractivity (Wildman–Crippen MR) is 76.8 cm³/mol. The van der Waals surface area contributed by atoms with Crippen LogP contribution in [0.4, 0.5) is 4.39 Å². The molecule has 1 fully saturated rings. The summed E-state index contributed by atoms with van der Waals surface area (Å²) in [5.74, 6) is 0.537. The van der Waals surface area contributed by atoms with Gasteiger partial charge in [-0.25, -0.2) is 4.39 Å². The lowest BCUT2D eigenvalue weighted by molar-refractivity contribution is 0.424. The number of hydrogen-bond donors (Lipinski definition) is 1. The number of rotatable bonds is 3. The molecule has 0 spiro atoms. The molecule has 3 rings (SSSR count). The topological polar surface area (TPSA) is 17.0 Å². The lowest BCUT2D eigenvalue weighted by atomic mass is 9.94. The minimum Gasteiger partial charge on any atom is -0.350 e. The largest absolute Gasteiger partial charge is 0.350 e. The van der Waals surface area contributed by atoms with Crippen LogP contribution in [0.25, 0.3) is 10.9 Å². The fraction of sp³-hybridized carbons (Fsp3) is 0.500. The summed E-state index contributed by atoms with van der Waals surface area (Å²) in [4.78, 5) is 0. The summed E-state index contributed by atoms with van der Waals surface area (Å²) < 4.78 is 15.6. The molecule has 1 aliphatic rings. The van der Waals surface area contributed by atoms with Gasteiger partial charge in [-0.05, 0) is 56.0 Å². The fourth-order valence-corrected chi connectivity index (χ4v) is 3.55. The van der Waals surface area contributed by atoms with E-state index in [0.717, 1.165) is 17.3 Å². The molecule has 0 amide bonds. The Kier molecular flexibility index (Phi) is 3.31. The highest BCUT2D eigenvalue weighted by molar-refractivity contribution is 5.84. The van der Waals surface area contributed by atoms with E-state index < -0.39 is 0 Å². The van der Waals surface area contributed by atoms with Crippen LogP contribution >= 0.6 is 0 Å². The van der Waals surface area contributed by atoms with Crippen LogP contribution in [0.5, 0.6) is 0 Å². The number of nitrogens with one attached hydrogen (secondary N) is 1. The van der Waals surface area contributed by atoms with E-state index in [0.29, 0.717) is 12.0 Å². The molecule has 0 aliphatic heterocycles. The van der Waals surface area contributed by atoms with Gasteiger partial charge in [0, 0.05) is 30.2 Å². The van der Waals surface area contributed by atoms with E-state index in [1.54, 1.807) is 6.07 Å². The van der Waals surface area contributed by atoms with Gasteiger partial charge >= 0.3 is 0 Å². The third kappa shape index (κ3) is 2.27. The molecule has 19 heavy (non-hydrogen) atoms. The molecule has 0 saturated heterocycles. The summed E-state index contributed by atoms with van der Waals surface area (Å²) in [6.07, 6.45) is 7.05. The van der Waals surface area contributed by atoms with Gasteiger partial charge in [-0.1, -0.05) is 6.42 Å². The smallest absolute Gasteiger partial charge is 0.123 e. The molecule has 2 unspecified atom stereocenters. The van der Waals surface area contributed by atoms with Crippen LogP contribution in [-0.4, -0.2) is 17.7 Å². The monoisotopic (exact) mass is 260 g/mol. The van der Waals surface area contributed by atoms with Crippen LogP contribution in [0.1, 0.15) is 24.8 Å². The highest BCUT2D eigenvalue weighted by Gasteiger charge is 2.26. The third-order valence-corrected chi connectivity index (χ3v) is 4.55. The van der Waals surface area contributed by atoms with Crippen LogP contribution < -0.4 is 5.32 Å². The zero-order chi connectivity index (χ0) is 13.4. The standard InChI is InChI=1S/C16H21FN2/c1-18-15-5-3-4-11(15)8-12-10-19(2)16-7-6-13(17)9-14(12)16/h6-7,9-11,15,18H,3-5,8H2,1-2H3. The molecule has 1 heterocycles. The number of hydrogen-bond acceptors (Lipinski definition) is 1. The Bertz CT molecular complexity index is 588. The molecule has 2 atom stereocenters. The predicted octanol–water partition coefficient (Wildman–Crippen LogP) is 3.25. The zero-order valence-electron chi connectivity index (χ0n) is 11.6. The van der Waals surface area contributed by atoms with Crippen molar-refractivity contribution in [3.63, 3.8) is 0 Å². The Hall–Kier alpha value is -1.35. The van der Waals surface area contributed by atoms with Crippen LogP contribution in [0, 0.1) is 11.7 Å². The molecule has 102 valence electrons. The Morgan fingerprint density at radius 1 is 1.37 bits per heavy atom.